The summed E-state index contributed by atoms with van der Waals surface area (Å²) in [5, 5.41) is 1.64. The minimum absolute atomic E-state index is 0.165. The number of carbonyl (C=O) groups excluding carboxylic acids is 2. The minimum Gasteiger partial charge on any atom is -0.469 e. The molecule has 0 aromatic heterocycles. The van der Waals surface area contributed by atoms with Gasteiger partial charge in [-0.15, -0.1) is 6.42 Å². The quantitative estimate of drug-likeness (QED) is 0.257. The van der Waals surface area contributed by atoms with Crippen molar-refractivity contribution in [2.75, 3.05) is 36.5 Å². The average molecular weight is 549 g/mol. The number of aryl methyl sites for hydroxylation is 2. The van der Waals surface area contributed by atoms with E-state index in [2.05, 4.69) is 12.0 Å². The first-order valence-corrected chi connectivity index (χ1v) is 13.8. The highest BCUT2D eigenvalue weighted by Crippen LogP contribution is 2.38. The van der Waals surface area contributed by atoms with Crippen LogP contribution in [0.3, 0.4) is 0 Å². The van der Waals surface area contributed by atoms with Crippen molar-refractivity contribution in [3.8, 4) is 12.3 Å². The molecule has 0 saturated carbocycles. The molecule has 0 bridgehead atoms. The first kappa shape index (κ1) is 29.7. The molecule has 7 nitrogen and oxygen atoms in total. The Balaban J connectivity index is 2.24. The topological polar surface area (TPSA) is 76.2 Å². The summed E-state index contributed by atoms with van der Waals surface area (Å²) >= 11 is 0. The third kappa shape index (κ3) is 6.26. The third-order valence-corrected chi connectivity index (χ3v) is 8.80. The number of hydrogen-bond acceptors (Lipinski definition) is 6. The van der Waals surface area contributed by atoms with E-state index in [1.807, 2.05) is 75.9 Å². The number of methoxy groups -OCH3 is 2. The van der Waals surface area contributed by atoms with Crippen LogP contribution in [0, 0.1) is 40.0 Å². The molecule has 0 aliphatic heterocycles. The van der Waals surface area contributed by atoms with Gasteiger partial charge in [0.05, 0.1) is 37.8 Å². The molecule has 2 unspecified atom stereocenters. The molecule has 3 aromatic rings. The smallest absolute Gasteiger partial charge is 0.326 e. The molecule has 39 heavy (non-hydrogen) atoms. The first-order chi connectivity index (χ1) is 18.5. The molecule has 0 spiro atoms. The van der Waals surface area contributed by atoms with Gasteiger partial charge in [-0.05, 0) is 69.0 Å². The van der Waals surface area contributed by atoms with Gasteiger partial charge in [0.2, 0.25) is 0 Å². The Labute approximate surface area is 233 Å². The van der Waals surface area contributed by atoms with Crippen molar-refractivity contribution in [1.29, 1.82) is 0 Å². The van der Waals surface area contributed by atoms with E-state index >= 15 is 0 Å². The van der Waals surface area contributed by atoms with Gasteiger partial charge in [0.25, 0.3) is 0 Å². The predicted molar refractivity (Wildman–Crippen MR) is 157 cm³/mol. The summed E-state index contributed by atoms with van der Waals surface area (Å²) in [7, 11) is 0.972. The second kappa shape index (κ2) is 12.8. The number of fused-ring (bicyclic) bond motifs is 1. The molecule has 0 saturated heterocycles. The molecular weight excluding hydrogens is 512 g/mol. The lowest BCUT2D eigenvalue weighted by atomic mass is 10.0. The number of rotatable bonds is 10. The Morgan fingerprint density at radius 3 is 2.00 bits per heavy atom. The fourth-order valence-corrected chi connectivity index (χ4v) is 6.34. The first-order valence-electron chi connectivity index (χ1n) is 12.7. The SMILES string of the molecule is C#CCN(c1ccc(N(CC(=O)OC)S(=O)c2c(C)c(C)cc(C)c2C)c2ccccc12)C(C)CC(=O)OC. The maximum Gasteiger partial charge on any atom is 0.326 e. The lowest BCUT2D eigenvalue weighted by Crippen LogP contribution is -2.36. The highest BCUT2D eigenvalue weighted by atomic mass is 32.2. The summed E-state index contributed by atoms with van der Waals surface area (Å²) in [6, 6.07) is 13.3. The summed E-state index contributed by atoms with van der Waals surface area (Å²) in [4.78, 5) is 27.3. The largest absolute Gasteiger partial charge is 0.469 e. The van der Waals surface area contributed by atoms with Gasteiger partial charge >= 0.3 is 11.9 Å². The van der Waals surface area contributed by atoms with Crippen molar-refractivity contribution in [1.82, 2.24) is 0 Å². The second-order valence-electron chi connectivity index (χ2n) is 9.56. The molecule has 0 heterocycles. The highest BCUT2D eigenvalue weighted by molar-refractivity contribution is 7.86. The van der Waals surface area contributed by atoms with E-state index < -0.39 is 17.0 Å². The Morgan fingerprint density at radius 1 is 0.923 bits per heavy atom. The molecule has 0 N–H and O–H groups in total. The van der Waals surface area contributed by atoms with Crippen LogP contribution in [0.1, 0.15) is 35.6 Å². The van der Waals surface area contributed by atoms with Gasteiger partial charge in [0.1, 0.15) is 6.54 Å². The van der Waals surface area contributed by atoms with E-state index in [0.717, 1.165) is 38.7 Å². The lowest BCUT2D eigenvalue weighted by Gasteiger charge is -2.32. The number of anilines is 2. The Hall–Kier alpha value is -3.83. The summed E-state index contributed by atoms with van der Waals surface area (Å²) in [5.74, 6) is 1.86. The molecule has 0 amide bonds. The highest BCUT2D eigenvalue weighted by Gasteiger charge is 2.27. The zero-order valence-electron chi connectivity index (χ0n) is 23.7. The van der Waals surface area contributed by atoms with E-state index in [1.54, 1.807) is 4.31 Å². The standard InChI is InChI=1S/C31H36N2O5S/c1-9-16-32(22(4)18-29(34)37-7)27-14-15-28(26-13-11-10-12-25(26)27)33(19-30(35)38-8)39(36)31-23(5)20(2)17-21(3)24(31)6/h1,10-15,17,22H,16,18-19H2,2-8H3. The van der Waals surface area contributed by atoms with Gasteiger partial charge in [0, 0.05) is 22.5 Å². The van der Waals surface area contributed by atoms with Gasteiger partial charge in [-0.25, -0.2) is 4.21 Å². The Kier molecular flexibility index (Phi) is 9.76. The van der Waals surface area contributed by atoms with Crippen LogP contribution in [-0.4, -0.2) is 49.5 Å². The fraction of sp³-hybridized carbons (Fsp3) is 0.355. The number of esters is 2. The number of nitrogens with zero attached hydrogens (tertiary/aromatic N) is 2. The summed E-state index contributed by atoms with van der Waals surface area (Å²) in [5.41, 5.74) is 5.35. The number of ether oxygens (including phenoxy) is 2. The normalized spacial score (nSPS) is 12.4. The van der Waals surface area contributed by atoms with Crippen molar-refractivity contribution in [3.05, 3.63) is 64.7 Å². The van der Waals surface area contributed by atoms with Gasteiger partial charge in [-0.2, -0.15) is 0 Å². The number of carbonyl (C=O) groups is 2. The molecule has 8 heteroatoms. The predicted octanol–water partition coefficient (Wildman–Crippen LogP) is 5.17. The zero-order valence-corrected chi connectivity index (χ0v) is 24.5. The number of hydrogen-bond donors (Lipinski definition) is 0. The summed E-state index contributed by atoms with van der Waals surface area (Å²) in [6.07, 6.45) is 5.87. The molecule has 0 aliphatic rings. The number of benzene rings is 3. The molecule has 0 radical (unpaired) electrons. The zero-order chi connectivity index (χ0) is 28.9. The second-order valence-corrected chi connectivity index (χ2v) is 10.9. The molecular formula is C31H36N2O5S. The summed E-state index contributed by atoms with van der Waals surface area (Å²) < 4.78 is 25.8. The monoisotopic (exact) mass is 548 g/mol. The Bertz CT molecular complexity index is 1430. The van der Waals surface area contributed by atoms with Crippen molar-refractivity contribution in [3.63, 3.8) is 0 Å². The Morgan fingerprint density at radius 2 is 1.46 bits per heavy atom. The van der Waals surface area contributed by atoms with Crippen LogP contribution in [-0.2, 0) is 30.0 Å². The van der Waals surface area contributed by atoms with Crippen molar-refractivity contribution in [2.45, 2.75) is 52.0 Å². The maximum atomic E-state index is 14.3. The van der Waals surface area contributed by atoms with E-state index in [9.17, 15) is 13.8 Å². The maximum absolute atomic E-state index is 14.3. The number of terminal acetylenes is 1. The van der Waals surface area contributed by atoms with Gasteiger partial charge in [-0.3, -0.25) is 13.9 Å². The lowest BCUT2D eigenvalue weighted by molar-refractivity contribution is -0.141. The average Bonchev–Trinajstić information content (AvgIpc) is 2.93. The molecule has 3 aromatic carbocycles. The minimum atomic E-state index is -1.71. The van der Waals surface area contributed by atoms with Gasteiger partial charge in [-0.1, -0.05) is 36.3 Å². The van der Waals surface area contributed by atoms with Crippen LogP contribution in [0.2, 0.25) is 0 Å². The summed E-state index contributed by atoms with van der Waals surface area (Å²) in [6.45, 7) is 9.88. The van der Waals surface area contributed by atoms with E-state index in [0.29, 0.717) is 10.6 Å². The van der Waals surface area contributed by atoms with Crippen LogP contribution in [0.5, 0.6) is 0 Å². The van der Waals surface area contributed by atoms with Gasteiger partial charge < -0.3 is 14.4 Å². The van der Waals surface area contributed by atoms with E-state index in [-0.39, 0.29) is 31.5 Å². The molecule has 0 aliphatic carbocycles. The van der Waals surface area contributed by atoms with Crippen LogP contribution >= 0.6 is 0 Å². The van der Waals surface area contributed by atoms with Crippen LogP contribution < -0.4 is 9.21 Å². The van der Waals surface area contributed by atoms with E-state index in [1.165, 1.54) is 14.2 Å². The van der Waals surface area contributed by atoms with Crippen LogP contribution in [0.25, 0.3) is 10.8 Å². The molecule has 206 valence electrons. The van der Waals surface area contributed by atoms with Crippen molar-refractivity contribution in [2.24, 2.45) is 0 Å². The van der Waals surface area contributed by atoms with Crippen LogP contribution in [0.4, 0.5) is 11.4 Å². The third-order valence-electron chi connectivity index (χ3n) is 7.11. The fourth-order valence-electron chi connectivity index (χ4n) is 4.71. The van der Waals surface area contributed by atoms with Crippen molar-refractivity contribution >= 4 is 45.1 Å². The van der Waals surface area contributed by atoms with Gasteiger partial charge in [0.15, 0.2) is 11.0 Å². The van der Waals surface area contributed by atoms with Crippen LogP contribution in [0.15, 0.2) is 47.4 Å². The molecule has 0 fully saturated rings. The van der Waals surface area contributed by atoms with Crippen molar-refractivity contribution < 1.29 is 23.3 Å². The molecule has 2 atom stereocenters. The molecule has 3 rings (SSSR count). The van der Waals surface area contributed by atoms with E-state index in [4.69, 9.17) is 15.9 Å².